The largest absolute Gasteiger partial charge is 0.350 e. The molecular weight excluding hydrogens is 298 g/mol. The Kier molecular flexibility index (Phi) is 5.06. The number of aromatic nitrogens is 2. The summed E-state index contributed by atoms with van der Waals surface area (Å²) in [5.74, 6) is -0.124. The van der Waals surface area contributed by atoms with E-state index in [9.17, 15) is 4.79 Å². The predicted molar refractivity (Wildman–Crippen MR) is 95.0 cm³/mol. The van der Waals surface area contributed by atoms with Crippen LogP contribution in [0.1, 0.15) is 27.3 Å². The van der Waals surface area contributed by atoms with Crippen molar-refractivity contribution in [3.05, 3.63) is 89.2 Å². The summed E-state index contributed by atoms with van der Waals surface area (Å²) in [5, 5.41) is 7.37. The molecule has 3 rings (SSSR count). The van der Waals surface area contributed by atoms with Gasteiger partial charge in [-0.25, -0.2) is 0 Å². The van der Waals surface area contributed by atoms with Gasteiger partial charge in [0.15, 0.2) is 0 Å². The van der Waals surface area contributed by atoms with Crippen molar-refractivity contribution in [2.45, 2.75) is 19.9 Å². The van der Waals surface area contributed by atoms with Gasteiger partial charge in [-0.15, -0.1) is 0 Å². The Morgan fingerprint density at radius 1 is 1.00 bits per heavy atom. The fourth-order valence-corrected chi connectivity index (χ4v) is 2.59. The maximum Gasteiger partial charge on any atom is 0.271 e. The second kappa shape index (κ2) is 7.59. The van der Waals surface area contributed by atoms with Gasteiger partial charge in [-0.2, -0.15) is 5.10 Å². The lowest BCUT2D eigenvalue weighted by atomic mass is 10.1. The number of hydrogen-bond acceptors (Lipinski definition) is 2. The van der Waals surface area contributed by atoms with E-state index in [-0.39, 0.29) is 5.91 Å². The topological polar surface area (TPSA) is 46.9 Å². The lowest BCUT2D eigenvalue weighted by Crippen LogP contribution is -2.26. The number of carbonyl (C=O) groups excluding carboxylic acids is 1. The maximum absolute atomic E-state index is 12.3. The highest BCUT2D eigenvalue weighted by molar-refractivity contribution is 5.92. The number of nitrogens with zero attached hydrogens (tertiary/aromatic N) is 2. The number of nitrogens with one attached hydrogen (secondary N) is 1. The maximum atomic E-state index is 12.3. The summed E-state index contributed by atoms with van der Waals surface area (Å²) in [6.07, 6.45) is 0.816. The minimum Gasteiger partial charge on any atom is -0.350 e. The Hall–Kier alpha value is -2.88. The lowest BCUT2D eigenvalue weighted by Gasteiger charge is -2.05. The SMILES string of the molecule is Cc1cc(C(=O)NCCc2ccccc2)nn1Cc1ccccc1. The first-order valence-electron chi connectivity index (χ1n) is 8.13. The van der Waals surface area contributed by atoms with E-state index in [1.807, 2.05) is 54.1 Å². The standard InChI is InChI=1S/C20H21N3O/c1-16-14-19(22-23(16)15-18-10-6-3-7-11-18)20(24)21-13-12-17-8-4-2-5-9-17/h2-11,14H,12-13,15H2,1H3,(H,21,24). The second-order valence-corrected chi connectivity index (χ2v) is 5.81. The van der Waals surface area contributed by atoms with E-state index in [1.165, 1.54) is 11.1 Å². The molecule has 1 heterocycles. The van der Waals surface area contributed by atoms with Crippen molar-refractivity contribution in [1.82, 2.24) is 15.1 Å². The molecule has 3 aromatic rings. The first kappa shape index (κ1) is 16.0. The highest BCUT2D eigenvalue weighted by Gasteiger charge is 2.12. The minimum atomic E-state index is -0.124. The Morgan fingerprint density at radius 2 is 1.62 bits per heavy atom. The highest BCUT2D eigenvalue weighted by Crippen LogP contribution is 2.08. The number of amides is 1. The van der Waals surface area contributed by atoms with Gasteiger partial charge in [-0.05, 0) is 30.5 Å². The van der Waals surface area contributed by atoms with Crippen LogP contribution in [0.15, 0.2) is 66.7 Å². The van der Waals surface area contributed by atoms with E-state index in [2.05, 4.69) is 34.7 Å². The molecule has 0 spiro atoms. The van der Waals surface area contributed by atoms with Crippen LogP contribution in [0.25, 0.3) is 0 Å². The molecule has 0 aliphatic carbocycles. The van der Waals surface area contributed by atoms with Gasteiger partial charge in [0, 0.05) is 12.2 Å². The molecule has 0 radical (unpaired) electrons. The molecule has 24 heavy (non-hydrogen) atoms. The summed E-state index contributed by atoms with van der Waals surface area (Å²) in [5.41, 5.74) is 3.83. The van der Waals surface area contributed by atoms with Crippen molar-refractivity contribution in [1.29, 1.82) is 0 Å². The van der Waals surface area contributed by atoms with Crippen LogP contribution < -0.4 is 5.32 Å². The molecular formula is C20H21N3O. The Morgan fingerprint density at radius 3 is 2.29 bits per heavy atom. The van der Waals surface area contributed by atoms with Gasteiger partial charge >= 0.3 is 0 Å². The molecule has 0 saturated carbocycles. The van der Waals surface area contributed by atoms with E-state index in [1.54, 1.807) is 0 Å². The monoisotopic (exact) mass is 319 g/mol. The zero-order chi connectivity index (χ0) is 16.8. The summed E-state index contributed by atoms with van der Waals surface area (Å²) in [6, 6.07) is 22.1. The number of aryl methyl sites for hydroxylation is 1. The predicted octanol–water partition coefficient (Wildman–Crippen LogP) is 3.21. The summed E-state index contributed by atoms with van der Waals surface area (Å²) in [4.78, 5) is 12.3. The third-order valence-corrected chi connectivity index (χ3v) is 3.93. The van der Waals surface area contributed by atoms with Gasteiger partial charge in [0.1, 0.15) is 5.69 Å². The third-order valence-electron chi connectivity index (χ3n) is 3.93. The first-order chi connectivity index (χ1) is 11.7. The second-order valence-electron chi connectivity index (χ2n) is 5.81. The average Bonchev–Trinajstić information content (AvgIpc) is 2.97. The minimum absolute atomic E-state index is 0.124. The number of carbonyl (C=O) groups is 1. The summed E-state index contributed by atoms with van der Waals surface area (Å²) >= 11 is 0. The van der Waals surface area contributed by atoms with Crippen molar-refractivity contribution < 1.29 is 4.79 Å². The molecule has 0 aliphatic heterocycles. The number of hydrogen-bond donors (Lipinski definition) is 1. The van der Waals surface area contributed by atoms with E-state index in [4.69, 9.17) is 0 Å². The van der Waals surface area contributed by atoms with Gasteiger partial charge in [0.05, 0.1) is 6.54 Å². The lowest BCUT2D eigenvalue weighted by molar-refractivity contribution is 0.0948. The molecule has 4 nitrogen and oxygen atoms in total. The molecule has 0 saturated heterocycles. The Balaban J connectivity index is 1.58. The molecule has 122 valence electrons. The quantitative estimate of drug-likeness (QED) is 0.758. The van der Waals surface area contributed by atoms with E-state index in [0.717, 1.165) is 12.1 Å². The van der Waals surface area contributed by atoms with Crippen LogP contribution in [0.3, 0.4) is 0 Å². The van der Waals surface area contributed by atoms with Crippen molar-refractivity contribution >= 4 is 5.91 Å². The van der Waals surface area contributed by atoms with Gasteiger partial charge in [0.25, 0.3) is 5.91 Å². The molecule has 1 aromatic heterocycles. The summed E-state index contributed by atoms with van der Waals surface area (Å²) < 4.78 is 1.86. The zero-order valence-corrected chi connectivity index (χ0v) is 13.8. The molecule has 0 bridgehead atoms. The van der Waals surface area contributed by atoms with E-state index >= 15 is 0 Å². The smallest absolute Gasteiger partial charge is 0.271 e. The van der Waals surface area contributed by atoms with Crippen LogP contribution in [-0.4, -0.2) is 22.2 Å². The molecule has 0 unspecified atom stereocenters. The third kappa shape index (κ3) is 4.10. The van der Waals surface area contributed by atoms with Crippen LogP contribution >= 0.6 is 0 Å². The van der Waals surface area contributed by atoms with Crippen LogP contribution in [0.2, 0.25) is 0 Å². The summed E-state index contributed by atoms with van der Waals surface area (Å²) in [6.45, 7) is 3.24. The fraction of sp³-hybridized carbons (Fsp3) is 0.200. The van der Waals surface area contributed by atoms with Gasteiger partial charge < -0.3 is 5.32 Å². The molecule has 0 atom stereocenters. The summed E-state index contributed by atoms with van der Waals surface area (Å²) in [7, 11) is 0. The molecule has 1 amide bonds. The fourth-order valence-electron chi connectivity index (χ4n) is 2.59. The van der Waals surface area contributed by atoms with E-state index in [0.29, 0.717) is 18.8 Å². The number of benzene rings is 2. The normalized spacial score (nSPS) is 10.5. The van der Waals surface area contributed by atoms with Crippen LogP contribution in [-0.2, 0) is 13.0 Å². The van der Waals surface area contributed by atoms with Gasteiger partial charge in [-0.3, -0.25) is 9.48 Å². The van der Waals surface area contributed by atoms with Gasteiger partial charge in [-0.1, -0.05) is 60.7 Å². The van der Waals surface area contributed by atoms with Gasteiger partial charge in [0.2, 0.25) is 0 Å². The van der Waals surface area contributed by atoms with Crippen molar-refractivity contribution in [3.8, 4) is 0 Å². The van der Waals surface area contributed by atoms with Crippen molar-refractivity contribution in [2.24, 2.45) is 0 Å². The van der Waals surface area contributed by atoms with Crippen molar-refractivity contribution in [3.63, 3.8) is 0 Å². The van der Waals surface area contributed by atoms with Crippen LogP contribution in [0.5, 0.6) is 0 Å². The van der Waals surface area contributed by atoms with Crippen LogP contribution in [0.4, 0.5) is 0 Å². The Bertz CT molecular complexity index is 794. The first-order valence-corrected chi connectivity index (χ1v) is 8.13. The zero-order valence-electron chi connectivity index (χ0n) is 13.8. The number of rotatable bonds is 6. The van der Waals surface area contributed by atoms with E-state index < -0.39 is 0 Å². The Labute approximate surface area is 142 Å². The van der Waals surface area contributed by atoms with Crippen molar-refractivity contribution in [2.75, 3.05) is 6.54 Å². The molecule has 0 fully saturated rings. The highest BCUT2D eigenvalue weighted by atomic mass is 16.1. The molecule has 0 aliphatic rings. The average molecular weight is 319 g/mol. The molecule has 2 aromatic carbocycles. The molecule has 1 N–H and O–H groups in total. The van der Waals surface area contributed by atoms with Crippen LogP contribution in [0, 0.1) is 6.92 Å². The molecule has 4 heteroatoms.